The number of nitrogens with one attached hydrogen (secondary N) is 1. The molecule has 1 amide bonds. The van der Waals surface area contributed by atoms with Crippen molar-refractivity contribution < 1.29 is 4.79 Å². The number of aryl methyl sites for hydroxylation is 1. The first kappa shape index (κ1) is 14.3. The molecule has 22 heavy (non-hydrogen) atoms. The normalized spacial score (nSPS) is 11.1. The number of hydrogen-bond donors (Lipinski definition) is 1. The van der Waals surface area contributed by atoms with Gasteiger partial charge in [0.15, 0.2) is 0 Å². The average Bonchev–Trinajstić information content (AvgIpc) is 3.13. The van der Waals surface area contributed by atoms with Gasteiger partial charge in [-0.05, 0) is 34.5 Å². The smallest absolute Gasteiger partial charge is 0.247 e. The number of carbonyl (C=O) groups excluding carboxylic acids is 1. The van der Waals surface area contributed by atoms with Gasteiger partial charge in [-0.1, -0.05) is 18.7 Å². The van der Waals surface area contributed by atoms with E-state index in [1.54, 1.807) is 17.5 Å². The SMILES string of the molecule is C=CC(=O)Nc1cnc2c(c1)c(/C=C/c1ccsc1)cn2C. The van der Waals surface area contributed by atoms with Crippen LogP contribution in [0.15, 0.2) is 47.9 Å². The zero-order chi connectivity index (χ0) is 15.5. The van der Waals surface area contributed by atoms with Crippen LogP contribution in [0, 0.1) is 0 Å². The van der Waals surface area contributed by atoms with Crippen molar-refractivity contribution in [2.45, 2.75) is 0 Å². The summed E-state index contributed by atoms with van der Waals surface area (Å²) < 4.78 is 1.97. The fraction of sp³-hybridized carbons (Fsp3) is 0.0588. The lowest BCUT2D eigenvalue weighted by atomic mass is 10.2. The lowest BCUT2D eigenvalue weighted by molar-refractivity contribution is -0.111. The summed E-state index contributed by atoms with van der Waals surface area (Å²) in [7, 11) is 1.96. The summed E-state index contributed by atoms with van der Waals surface area (Å²) in [6.45, 7) is 3.45. The van der Waals surface area contributed by atoms with Crippen LogP contribution in [0.4, 0.5) is 5.69 Å². The standard InChI is InChI=1S/C17H15N3OS/c1-3-16(21)19-14-8-15-13(5-4-12-6-7-22-11-12)10-20(2)17(15)18-9-14/h3-11H,1H2,2H3,(H,19,21)/b5-4+. The fourth-order valence-electron chi connectivity index (χ4n) is 2.24. The van der Waals surface area contributed by atoms with Crippen molar-refractivity contribution in [3.63, 3.8) is 0 Å². The van der Waals surface area contributed by atoms with Gasteiger partial charge in [0.25, 0.3) is 0 Å². The number of carbonyl (C=O) groups is 1. The third-order valence-corrected chi connectivity index (χ3v) is 4.00. The molecule has 4 nitrogen and oxygen atoms in total. The fourth-order valence-corrected chi connectivity index (χ4v) is 2.87. The molecule has 5 heteroatoms. The average molecular weight is 309 g/mol. The van der Waals surface area contributed by atoms with Crippen LogP contribution in [0.5, 0.6) is 0 Å². The van der Waals surface area contributed by atoms with Crippen molar-refractivity contribution in [1.82, 2.24) is 9.55 Å². The summed E-state index contributed by atoms with van der Waals surface area (Å²) in [5.41, 5.74) is 3.77. The molecule has 3 heterocycles. The third kappa shape index (κ3) is 2.84. The van der Waals surface area contributed by atoms with Crippen molar-refractivity contribution >= 4 is 46.1 Å². The maximum Gasteiger partial charge on any atom is 0.247 e. The molecule has 0 bridgehead atoms. The maximum atomic E-state index is 11.4. The number of fused-ring (bicyclic) bond motifs is 1. The molecule has 3 aromatic rings. The molecule has 0 aliphatic heterocycles. The number of nitrogens with zero attached hydrogens (tertiary/aromatic N) is 2. The molecule has 0 radical (unpaired) electrons. The molecule has 0 spiro atoms. The molecule has 3 rings (SSSR count). The molecule has 0 aliphatic rings. The highest BCUT2D eigenvalue weighted by atomic mass is 32.1. The molecule has 0 saturated carbocycles. The molecule has 0 aromatic carbocycles. The van der Waals surface area contributed by atoms with Crippen LogP contribution in [-0.4, -0.2) is 15.5 Å². The molecule has 0 unspecified atom stereocenters. The summed E-state index contributed by atoms with van der Waals surface area (Å²) >= 11 is 1.67. The maximum absolute atomic E-state index is 11.4. The Hall–Kier alpha value is -2.66. The Balaban J connectivity index is 2.00. The van der Waals surface area contributed by atoms with Gasteiger partial charge >= 0.3 is 0 Å². The summed E-state index contributed by atoms with van der Waals surface area (Å²) in [5, 5.41) is 7.88. The quantitative estimate of drug-likeness (QED) is 0.742. The van der Waals surface area contributed by atoms with E-state index in [1.807, 2.05) is 29.3 Å². The first-order valence-electron chi connectivity index (χ1n) is 6.76. The Kier molecular flexibility index (Phi) is 3.89. The number of amides is 1. The van der Waals surface area contributed by atoms with Gasteiger partial charge in [-0.3, -0.25) is 4.79 Å². The summed E-state index contributed by atoms with van der Waals surface area (Å²) in [4.78, 5) is 15.8. The van der Waals surface area contributed by atoms with E-state index in [-0.39, 0.29) is 5.91 Å². The summed E-state index contributed by atoms with van der Waals surface area (Å²) in [6.07, 6.45) is 9.05. The number of anilines is 1. The van der Waals surface area contributed by atoms with Gasteiger partial charge in [-0.2, -0.15) is 11.3 Å². The number of hydrogen-bond acceptors (Lipinski definition) is 3. The zero-order valence-electron chi connectivity index (χ0n) is 12.1. The molecular weight excluding hydrogens is 294 g/mol. The molecule has 0 fully saturated rings. The van der Waals surface area contributed by atoms with Crippen LogP contribution in [0.25, 0.3) is 23.2 Å². The van der Waals surface area contributed by atoms with Gasteiger partial charge in [0.2, 0.25) is 5.91 Å². The van der Waals surface area contributed by atoms with Gasteiger partial charge in [-0.25, -0.2) is 4.98 Å². The molecule has 0 aliphatic carbocycles. The summed E-state index contributed by atoms with van der Waals surface area (Å²) in [6, 6.07) is 4.00. The minimum Gasteiger partial charge on any atom is -0.335 e. The first-order chi connectivity index (χ1) is 10.7. The zero-order valence-corrected chi connectivity index (χ0v) is 12.9. The third-order valence-electron chi connectivity index (χ3n) is 3.30. The number of pyridine rings is 1. The highest BCUT2D eigenvalue weighted by molar-refractivity contribution is 7.08. The largest absolute Gasteiger partial charge is 0.335 e. The minimum atomic E-state index is -0.243. The van der Waals surface area contributed by atoms with Crippen LogP contribution in [0.1, 0.15) is 11.1 Å². The summed E-state index contributed by atoms with van der Waals surface area (Å²) in [5.74, 6) is -0.243. The van der Waals surface area contributed by atoms with E-state index in [2.05, 4.69) is 40.5 Å². The highest BCUT2D eigenvalue weighted by Crippen LogP contribution is 2.24. The monoisotopic (exact) mass is 309 g/mol. The predicted molar refractivity (Wildman–Crippen MR) is 92.8 cm³/mol. The number of thiophene rings is 1. The minimum absolute atomic E-state index is 0.243. The lowest BCUT2D eigenvalue weighted by Gasteiger charge is -2.02. The van der Waals surface area contributed by atoms with Gasteiger partial charge in [0.05, 0.1) is 11.9 Å². The molecule has 3 aromatic heterocycles. The Morgan fingerprint density at radius 1 is 1.45 bits per heavy atom. The van der Waals surface area contributed by atoms with E-state index in [0.717, 1.165) is 16.6 Å². The molecular formula is C17H15N3OS. The van der Waals surface area contributed by atoms with E-state index >= 15 is 0 Å². The van der Waals surface area contributed by atoms with Crippen molar-refractivity contribution in [2.75, 3.05) is 5.32 Å². The molecule has 1 N–H and O–H groups in total. The molecule has 0 atom stereocenters. The van der Waals surface area contributed by atoms with Crippen LogP contribution >= 0.6 is 11.3 Å². The Bertz CT molecular complexity index is 860. The Morgan fingerprint density at radius 3 is 3.05 bits per heavy atom. The highest BCUT2D eigenvalue weighted by Gasteiger charge is 2.07. The Labute approximate surface area is 132 Å². The van der Waals surface area contributed by atoms with Gasteiger partial charge in [-0.15, -0.1) is 0 Å². The second kappa shape index (κ2) is 5.99. The van der Waals surface area contributed by atoms with Crippen molar-refractivity contribution in [2.24, 2.45) is 7.05 Å². The number of rotatable bonds is 4. The van der Waals surface area contributed by atoms with Crippen molar-refractivity contribution in [3.8, 4) is 0 Å². The lowest BCUT2D eigenvalue weighted by Crippen LogP contribution is -2.07. The van der Waals surface area contributed by atoms with E-state index in [4.69, 9.17) is 0 Å². The van der Waals surface area contributed by atoms with Crippen LogP contribution in [0.3, 0.4) is 0 Å². The van der Waals surface area contributed by atoms with Crippen LogP contribution in [-0.2, 0) is 11.8 Å². The molecule has 110 valence electrons. The molecule has 0 saturated heterocycles. The van der Waals surface area contributed by atoms with Gasteiger partial charge < -0.3 is 9.88 Å². The van der Waals surface area contributed by atoms with Crippen molar-refractivity contribution in [3.05, 3.63) is 59.1 Å². The first-order valence-corrected chi connectivity index (χ1v) is 7.70. The van der Waals surface area contributed by atoms with E-state index < -0.39 is 0 Å². The second-order valence-corrected chi connectivity index (χ2v) is 5.65. The second-order valence-electron chi connectivity index (χ2n) is 4.87. The predicted octanol–water partition coefficient (Wildman–Crippen LogP) is 3.93. The van der Waals surface area contributed by atoms with E-state index in [1.165, 1.54) is 11.6 Å². The van der Waals surface area contributed by atoms with E-state index in [9.17, 15) is 4.79 Å². The topological polar surface area (TPSA) is 46.9 Å². The van der Waals surface area contributed by atoms with Gasteiger partial charge in [0.1, 0.15) is 5.65 Å². The van der Waals surface area contributed by atoms with Crippen LogP contribution < -0.4 is 5.32 Å². The van der Waals surface area contributed by atoms with Crippen molar-refractivity contribution in [1.29, 1.82) is 0 Å². The number of aromatic nitrogens is 2. The van der Waals surface area contributed by atoms with Gasteiger partial charge in [0, 0.05) is 24.2 Å². The Morgan fingerprint density at radius 2 is 2.32 bits per heavy atom. The van der Waals surface area contributed by atoms with Crippen LogP contribution in [0.2, 0.25) is 0 Å². The van der Waals surface area contributed by atoms with E-state index in [0.29, 0.717) is 5.69 Å².